The molecule has 2 atom stereocenters. The molecule has 30 heavy (non-hydrogen) atoms. The maximum Gasteiger partial charge on any atom is 0.166 e. The molecule has 2 saturated heterocycles. The van der Waals surface area contributed by atoms with Gasteiger partial charge in [0.05, 0.1) is 6.10 Å². The van der Waals surface area contributed by atoms with Gasteiger partial charge in [-0.1, -0.05) is 12.1 Å². The van der Waals surface area contributed by atoms with Crippen LogP contribution in [0.5, 0.6) is 0 Å². The summed E-state index contributed by atoms with van der Waals surface area (Å²) in [5.74, 6) is -0.541. The van der Waals surface area contributed by atoms with Gasteiger partial charge in [0.1, 0.15) is 11.6 Å². The highest BCUT2D eigenvalue weighted by molar-refractivity contribution is 5.97. The number of carbonyl (C=O) groups excluding carboxylic acids is 1. The van der Waals surface area contributed by atoms with Gasteiger partial charge in [-0.15, -0.1) is 0 Å². The van der Waals surface area contributed by atoms with Crippen LogP contribution >= 0.6 is 0 Å². The van der Waals surface area contributed by atoms with E-state index in [2.05, 4.69) is 9.80 Å². The number of nitrogens with zero attached hydrogens (tertiary/aromatic N) is 2. The average Bonchev–Trinajstić information content (AvgIpc) is 2.77. The molecule has 2 aromatic rings. The Labute approximate surface area is 176 Å². The highest BCUT2D eigenvalue weighted by Gasteiger charge is 2.35. The molecule has 4 rings (SSSR count). The molecule has 0 radical (unpaired) electrons. The number of carbonyl (C=O) groups is 1. The van der Waals surface area contributed by atoms with Gasteiger partial charge in [-0.25, -0.2) is 8.78 Å². The van der Waals surface area contributed by atoms with Gasteiger partial charge in [-0.3, -0.25) is 14.6 Å². The van der Waals surface area contributed by atoms with Crippen molar-refractivity contribution in [1.29, 1.82) is 0 Å². The van der Waals surface area contributed by atoms with E-state index in [0.29, 0.717) is 12.0 Å². The van der Waals surface area contributed by atoms with Crippen molar-refractivity contribution in [2.24, 2.45) is 5.92 Å². The number of benzene rings is 2. The highest BCUT2D eigenvalue weighted by Crippen LogP contribution is 2.27. The van der Waals surface area contributed by atoms with Gasteiger partial charge in [0.15, 0.2) is 5.78 Å². The predicted molar refractivity (Wildman–Crippen MR) is 111 cm³/mol. The molecule has 0 saturated carbocycles. The van der Waals surface area contributed by atoms with Crippen molar-refractivity contribution in [2.45, 2.75) is 38.0 Å². The second kappa shape index (κ2) is 9.33. The van der Waals surface area contributed by atoms with Crippen LogP contribution in [0.1, 0.15) is 35.2 Å². The molecule has 0 aromatic heterocycles. The molecule has 0 spiro atoms. The number of Topliss-reactive ketones (excluding diaryl/α,β-unsaturated/α-hetero) is 1. The molecule has 2 heterocycles. The Balaban J connectivity index is 1.33. The molecule has 6 heteroatoms. The lowest BCUT2D eigenvalue weighted by atomic mass is 9.87. The monoisotopic (exact) mass is 414 g/mol. The normalized spacial score (nSPS) is 24.1. The first kappa shape index (κ1) is 21.1. The third kappa shape index (κ3) is 4.94. The molecule has 2 aromatic carbocycles. The maximum absolute atomic E-state index is 13.1. The molecule has 1 N–H and O–H groups in total. The van der Waals surface area contributed by atoms with Crippen LogP contribution in [0.15, 0.2) is 48.5 Å². The Bertz CT molecular complexity index is 849. The number of likely N-dealkylation sites (tertiary alicyclic amines) is 2. The van der Waals surface area contributed by atoms with E-state index < -0.39 is 0 Å². The summed E-state index contributed by atoms with van der Waals surface area (Å²) in [4.78, 5) is 17.3. The van der Waals surface area contributed by atoms with E-state index >= 15 is 0 Å². The summed E-state index contributed by atoms with van der Waals surface area (Å²) in [7, 11) is 0. The van der Waals surface area contributed by atoms with Crippen LogP contribution in [0.3, 0.4) is 0 Å². The summed E-state index contributed by atoms with van der Waals surface area (Å²) >= 11 is 0. The van der Waals surface area contributed by atoms with E-state index in [-0.39, 0.29) is 35.5 Å². The summed E-state index contributed by atoms with van der Waals surface area (Å²) in [6.07, 6.45) is 1.83. The van der Waals surface area contributed by atoms with Gasteiger partial charge in [0.2, 0.25) is 0 Å². The maximum atomic E-state index is 13.1. The quantitative estimate of drug-likeness (QED) is 0.761. The summed E-state index contributed by atoms with van der Waals surface area (Å²) in [6.45, 7) is 3.85. The van der Waals surface area contributed by atoms with E-state index in [9.17, 15) is 18.7 Å². The third-order valence-corrected chi connectivity index (χ3v) is 6.45. The second-order valence-corrected chi connectivity index (χ2v) is 8.47. The highest BCUT2D eigenvalue weighted by atomic mass is 19.1. The minimum Gasteiger partial charge on any atom is -0.391 e. The number of hydrogen-bond acceptors (Lipinski definition) is 4. The van der Waals surface area contributed by atoms with E-state index in [0.717, 1.165) is 51.1 Å². The number of halogens is 2. The Hall–Kier alpha value is -2.15. The minimum absolute atomic E-state index is 0.0427. The number of ketones is 1. The lowest BCUT2D eigenvalue weighted by Crippen LogP contribution is -2.56. The fraction of sp³-hybridized carbons (Fsp3) is 0.458. The SMILES string of the molecule is O=C(c1ccc(F)cc1)C1CCN([C@H]2CN(Cc3ccc(F)cc3)CC[C@@H]2O)CC1. The van der Waals surface area contributed by atoms with Crippen LogP contribution in [-0.2, 0) is 6.54 Å². The molecule has 0 bridgehead atoms. The fourth-order valence-electron chi connectivity index (χ4n) is 4.68. The summed E-state index contributed by atoms with van der Waals surface area (Å²) < 4.78 is 26.3. The zero-order chi connectivity index (χ0) is 21.1. The molecule has 0 aliphatic carbocycles. The molecule has 2 aliphatic rings. The number of hydrogen-bond donors (Lipinski definition) is 1. The van der Waals surface area contributed by atoms with Gasteiger partial charge < -0.3 is 5.11 Å². The van der Waals surface area contributed by atoms with Gasteiger partial charge >= 0.3 is 0 Å². The van der Waals surface area contributed by atoms with Crippen molar-refractivity contribution in [3.63, 3.8) is 0 Å². The summed E-state index contributed by atoms with van der Waals surface area (Å²) in [5.41, 5.74) is 1.63. The first-order chi connectivity index (χ1) is 14.5. The molecule has 4 nitrogen and oxygen atoms in total. The van der Waals surface area contributed by atoms with Crippen LogP contribution < -0.4 is 0 Å². The van der Waals surface area contributed by atoms with E-state index in [1.54, 1.807) is 12.1 Å². The first-order valence-corrected chi connectivity index (χ1v) is 10.7. The lowest BCUT2D eigenvalue weighted by molar-refractivity contribution is -0.0243. The van der Waals surface area contributed by atoms with Crippen molar-refractivity contribution in [3.05, 3.63) is 71.3 Å². The Morgan fingerprint density at radius 3 is 2.13 bits per heavy atom. The van der Waals surface area contributed by atoms with Crippen molar-refractivity contribution in [1.82, 2.24) is 9.80 Å². The number of rotatable bonds is 5. The van der Waals surface area contributed by atoms with Crippen molar-refractivity contribution in [3.8, 4) is 0 Å². The molecule has 160 valence electrons. The number of piperidine rings is 2. The van der Waals surface area contributed by atoms with Crippen molar-refractivity contribution < 1.29 is 18.7 Å². The third-order valence-electron chi connectivity index (χ3n) is 6.45. The molecular weight excluding hydrogens is 386 g/mol. The largest absolute Gasteiger partial charge is 0.391 e. The molecule has 2 aliphatic heterocycles. The van der Waals surface area contributed by atoms with Gasteiger partial charge in [-0.2, -0.15) is 0 Å². The fourth-order valence-corrected chi connectivity index (χ4v) is 4.68. The number of aliphatic hydroxyl groups excluding tert-OH is 1. The minimum atomic E-state index is -0.376. The van der Waals surface area contributed by atoms with Gasteiger partial charge in [0, 0.05) is 37.2 Å². The van der Waals surface area contributed by atoms with Crippen LogP contribution in [0.2, 0.25) is 0 Å². The van der Waals surface area contributed by atoms with Crippen LogP contribution in [-0.4, -0.2) is 59.0 Å². The standard InChI is InChI=1S/C24H28F2N2O2/c25-20-5-1-17(2-6-20)15-27-12-11-23(29)22(16-27)28-13-9-19(10-14-28)24(30)18-3-7-21(26)8-4-18/h1-8,19,22-23,29H,9-16H2/t22-,23-/m0/s1. The molecule has 2 fully saturated rings. The van der Waals surface area contributed by atoms with Crippen molar-refractivity contribution >= 4 is 5.78 Å². The molecule has 0 unspecified atom stereocenters. The summed E-state index contributed by atoms with van der Waals surface area (Å²) in [5, 5.41) is 10.6. The van der Waals surface area contributed by atoms with E-state index in [1.807, 2.05) is 12.1 Å². The Morgan fingerprint density at radius 2 is 1.50 bits per heavy atom. The predicted octanol–water partition coefficient (Wildman–Crippen LogP) is 3.49. The topological polar surface area (TPSA) is 43.8 Å². The number of aliphatic hydroxyl groups is 1. The smallest absolute Gasteiger partial charge is 0.166 e. The second-order valence-electron chi connectivity index (χ2n) is 8.47. The first-order valence-electron chi connectivity index (χ1n) is 10.7. The van der Waals surface area contributed by atoms with Gasteiger partial charge in [0.25, 0.3) is 0 Å². The zero-order valence-corrected chi connectivity index (χ0v) is 17.0. The Morgan fingerprint density at radius 1 is 0.900 bits per heavy atom. The van der Waals surface area contributed by atoms with Crippen molar-refractivity contribution in [2.75, 3.05) is 26.2 Å². The van der Waals surface area contributed by atoms with E-state index in [4.69, 9.17) is 0 Å². The van der Waals surface area contributed by atoms with Crippen LogP contribution in [0.25, 0.3) is 0 Å². The van der Waals surface area contributed by atoms with Crippen LogP contribution in [0, 0.1) is 17.6 Å². The average molecular weight is 414 g/mol. The molecule has 0 amide bonds. The molecular formula is C24H28F2N2O2. The lowest BCUT2D eigenvalue weighted by Gasteiger charge is -2.44. The zero-order valence-electron chi connectivity index (χ0n) is 17.0. The van der Waals surface area contributed by atoms with Crippen LogP contribution in [0.4, 0.5) is 8.78 Å². The van der Waals surface area contributed by atoms with E-state index in [1.165, 1.54) is 24.3 Å². The summed E-state index contributed by atoms with van der Waals surface area (Å²) in [6, 6.07) is 12.4. The Kier molecular flexibility index (Phi) is 6.56. The van der Waals surface area contributed by atoms with Gasteiger partial charge in [-0.05, 0) is 74.3 Å².